The summed E-state index contributed by atoms with van der Waals surface area (Å²) < 4.78 is 96.2. The summed E-state index contributed by atoms with van der Waals surface area (Å²) in [4.78, 5) is 35.3. The van der Waals surface area contributed by atoms with Crippen molar-refractivity contribution in [2.45, 2.75) is 63.6 Å². The first-order valence-corrected chi connectivity index (χ1v) is 13.6. The molecular weight excluding hydrogens is 624 g/mol. The molecule has 0 aliphatic carbocycles. The van der Waals surface area contributed by atoms with Crippen LogP contribution in [0.5, 0.6) is 5.88 Å². The highest BCUT2D eigenvalue weighted by Crippen LogP contribution is 2.50. The quantitative estimate of drug-likeness (QED) is 0.343. The minimum Gasteiger partial charge on any atom is -0.472 e. The summed E-state index contributed by atoms with van der Waals surface area (Å²) in [6, 6.07) is 1.62. The number of pyridine rings is 1. The molecule has 3 amide bonds. The molecule has 0 saturated carbocycles. The Morgan fingerprint density at radius 3 is 2.45 bits per heavy atom. The van der Waals surface area contributed by atoms with Crippen molar-refractivity contribution < 1.29 is 45.4 Å². The predicted octanol–water partition coefficient (Wildman–Crippen LogP) is 6.06. The molecule has 1 N–H and O–H groups in total. The van der Waals surface area contributed by atoms with Crippen LogP contribution >= 0.6 is 11.6 Å². The number of alkyl halides is 6. The lowest BCUT2D eigenvalue weighted by molar-refractivity contribution is -0.181. The number of likely N-dealkylation sites (tertiary alicyclic amines) is 1. The average molecular weight is 650 g/mol. The number of hydrogen-bond acceptors (Lipinski definition) is 7. The van der Waals surface area contributed by atoms with Crippen LogP contribution in [-0.4, -0.2) is 74.1 Å². The molecule has 0 bridgehead atoms. The molecule has 238 valence electrons. The molecule has 0 spiro atoms. The zero-order chi connectivity index (χ0) is 32.4. The third-order valence-electron chi connectivity index (χ3n) is 7.02. The Bertz CT molecular complexity index is 1620. The lowest BCUT2D eigenvalue weighted by atomic mass is 9.88. The number of anilines is 2. The first-order valence-electron chi connectivity index (χ1n) is 13.2. The van der Waals surface area contributed by atoms with E-state index >= 15 is 0 Å². The number of hydrogen-bond donors (Lipinski definition) is 1. The van der Waals surface area contributed by atoms with Crippen LogP contribution in [0.3, 0.4) is 0 Å². The Morgan fingerprint density at radius 2 is 1.82 bits per heavy atom. The van der Waals surface area contributed by atoms with Crippen LogP contribution in [0.2, 0.25) is 5.15 Å². The number of carbonyl (C=O) groups excluding carboxylic acids is 2. The molecule has 1 fully saturated rings. The summed E-state index contributed by atoms with van der Waals surface area (Å²) in [6.45, 7) is 5.24. The Kier molecular flexibility index (Phi) is 7.54. The molecule has 5 heterocycles. The summed E-state index contributed by atoms with van der Waals surface area (Å²) in [5.41, 5.74) is -5.90. The van der Waals surface area contributed by atoms with Crippen molar-refractivity contribution in [3.8, 4) is 5.88 Å². The molecule has 0 unspecified atom stereocenters. The summed E-state index contributed by atoms with van der Waals surface area (Å²) in [5, 5.41) is 5.99. The number of nitrogens with zero attached hydrogens (tertiary/aromatic N) is 6. The number of rotatable bonds is 3. The molecule has 2 aliphatic rings. The van der Waals surface area contributed by atoms with E-state index in [1.165, 1.54) is 11.0 Å². The van der Waals surface area contributed by atoms with Crippen LogP contribution in [0.1, 0.15) is 45.5 Å². The molecule has 18 heteroatoms. The summed E-state index contributed by atoms with van der Waals surface area (Å²) in [7, 11) is 0. The number of aromatic nitrogens is 4. The fourth-order valence-electron chi connectivity index (χ4n) is 4.95. The fraction of sp³-hybridized carbons (Fsp3) is 0.500. The van der Waals surface area contributed by atoms with E-state index < -0.39 is 71.1 Å². The number of nitrogens with one attached hydrogen (secondary N) is 1. The van der Waals surface area contributed by atoms with E-state index in [1.807, 2.05) is 0 Å². The minimum atomic E-state index is -4.96. The van der Waals surface area contributed by atoms with Crippen molar-refractivity contribution in [3.63, 3.8) is 0 Å². The Morgan fingerprint density at radius 1 is 1.11 bits per heavy atom. The zero-order valence-electron chi connectivity index (χ0n) is 23.7. The summed E-state index contributed by atoms with van der Waals surface area (Å²) in [6.07, 6.45) is -9.87. The molecule has 1 saturated heterocycles. The molecule has 5 rings (SSSR count). The highest BCUT2D eigenvalue weighted by molar-refractivity contribution is 6.29. The normalized spacial score (nSPS) is 20.7. The van der Waals surface area contributed by atoms with Crippen molar-refractivity contribution in [3.05, 3.63) is 40.9 Å². The molecule has 3 aromatic rings. The topological polar surface area (TPSA) is 114 Å². The van der Waals surface area contributed by atoms with E-state index in [0.29, 0.717) is 6.07 Å². The SMILES string of the molecule is CC(C)(C)OC(=O)N1CC[C@H](Oc2cc(NC(=O)N3C[C@@](C)(C(F)(F)F)c4c3cnc3cc(Cl)nn43)cc(C(F)(F)F)n2)C1. The Balaban J connectivity index is 1.41. The molecule has 0 aromatic carbocycles. The van der Waals surface area contributed by atoms with Gasteiger partial charge in [0.05, 0.1) is 24.1 Å². The van der Waals surface area contributed by atoms with Crippen molar-refractivity contribution in [2.75, 3.05) is 29.9 Å². The van der Waals surface area contributed by atoms with Gasteiger partial charge in [-0.1, -0.05) is 11.6 Å². The summed E-state index contributed by atoms with van der Waals surface area (Å²) >= 11 is 5.89. The van der Waals surface area contributed by atoms with Crippen molar-refractivity contribution in [1.29, 1.82) is 0 Å². The third kappa shape index (κ3) is 6.01. The van der Waals surface area contributed by atoms with E-state index in [9.17, 15) is 35.9 Å². The number of halogens is 7. The van der Waals surface area contributed by atoms with Gasteiger partial charge in [0.15, 0.2) is 16.5 Å². The van der Waals surface area contributed by atoms with Gasteiger partial charge in [-0.25, -0.2) is 24.1 Å². The van der Waals surface area contributed by atoms with Crippen LogP contribution in [-0.2, 0) is 16.3 Å². The van der Waals surface area contributed by atoms with Gasteiger partial charge in [0.25, 0.3) is 0 Å². The lowest BCUT2D eigenvalue weighted by Crippen LogP contribution is -2.46. The van der Waals surface area contributed by atoms with Crippen LogP contribution < -0.4 is 15.0 Å². The van der Waals surface area contributed by atoms with Gasteiger partial charge < -0.3 is 19.7 Å². The van der Waals surface area contributed by atoms with Crippen molar-refractivity contribution in [1.82, 2.24) is 24.5 Å². The molecule has 11 nitrogen and oxygen atoms in total. The van der Waals surface area contributed by atoms with Crippen LogP contribution in [0.4, 0.5) is 47.3 Å². The monoisotopic (exact) mass is 649 g/mol. The van der Waals surface area contributed by atoms with Gasteiger partial charge >= 0.3 is 24.5 Å². The minimum absolute atomic E-state index is 0.00797. The van der Waals surface area contributed by atoms with Crippen LogP contribution in [0.15, 0.2) is 24.4 Å². The van der Waals surface area contributed by atoms with E-state index in [-0.39, 0.29) is 36.0 Å². The first kappa shape index (κ1) is 31.4. The maximum atomic E-state index is 14.4. The third-order valence-corrected chi connectivity index (χ3v) is 7.21. The second kappa shape index (κ2) is 10.6. The number of carbonyl (C=O) groups is 2. The highest BCUT2D eigenvalue weighted by atomic mass is 35.5. The fourth-order valence-corrected chi connectivity index (χ4v) is 5.13. The standard InChI is InChI=1S/C26H26ClF6N7O4/c1-23(2,3)44-22(42)38-6-5-14(11-38)43-19-8-13(7-16(36-19)25(28,29)30)35-21(41)39-12-24(4,26(31,32)33)20-15(39)10-34-18-9-17(27)37-40(18)20/h7-10,14H,5-6,11-12H2,1-4H3,(H,35,36,41)/t14-,24+/m0/s1. The smallest absolute Gasteiger partial charge is 0.433 e. The maximum Gasteiger partial charge on any atom is 0.433 e. The van der Waals surface area contributed by atoms with E-state index in [2.05, 4.69) is 20.4 Å². The molecule has 2 atom stereocenters. The van der Waals surface area contributed by atoms with E-state index in [4.69, 9.17) is 21.1 Å². The number of fused-ring (bicyclic) bond motifs is 3. The largest absolute Gasteiger partial charge is 0.472 e. The second-order valence-corrected chi connectivity index (χ2v) is 12.0. The predicted molar refractivity (Wildman–Crippen MR) is 144 cm³/mol. The molecule has 0 radical (unpaired) electrons. The number of amides is 3. The van der Waals surface area contributed by atoms with Gasteiger partial charge in [-0.05, 0) is 33.8 Å². The van der Waals surface area contributed by atoms with Crippen molar-refractivity contribution >= 4 is 40.7 Å². The van der Waals surface area contributed by atoms with Gasteiger partial charge in [-0.3, -0.25) is 4.90 Å². The van der Waals surface area contributed by atoms with E-state index in [1.54, 1.807) is 20.8 Å². The van der Waals surface area contributed by atoms with Crippen LogP contribution in [0, 0.1) is 0 Å². The zero-order valence-corrected chi connectivity index (χ0v) is 24.4. The summed E-state index contributed by atoms with van der Waals surface area (Å²) in [5.74, 6) is -0.511. The average Bonchev–Trinajstić information content (AvgIpc) is 3.57. The Hall–Kier alpha value is -4.02. The van der Waals surface area contributed by atoms with Crippen LogP contribution in [0.25, 0.3) is 5.65 Å². The van der Waals surface area contributed by atoms with E-state index in [0.717, 1.165) is 28.6 Å². The molecule has 44 heavy (non-hydrogen) atoms. The first-order chi connectivity index (χ1) is 20.2. The molecule has 2 aliphatic heterocycles. The van der Waals surface area contributed by atoms with Gasteiger partial charge in [0, 0.05) is 37.3 Å². The van der Waals surface area contributed by atoms with Gasteiger partial charge in [0.1, 0.15) is 17.1 Å². The molecular formula is C26H26ClF6N7O4. The van der Waals surface area contributed by atoms with Gasteiger partial charge in [-0.2, -0.15) is 31.4 Å². The second-order valence-electron chi connectivity index (χ2n) is 11.6. The lowest BCUT2D eigenvalue weighted by Gasteiger charge is -2.28. The van der Waals surface area contributed by atoms with Gasteiger partial charge in [-0.15, -0.1) is 0 Å². The molecule has 3 aromatic heterocycles. The van der Waals surface area contributed by atoms with Crippen molar-refractivity contribution in [2.24, 2.45) is 0 Å². The number of urea groups is 1. The Labute approximate surface area is 251 Å². The number of ether oxygens (including phenoxy) is 2. The maximum absolute atomic E-state index is 14.4. The highest BCUT2D eigenvalue weighted by Gasteiger charge is 2.60. The van der Waals surface area contributed by atoms with Gasteiger partial charge in [0.2, 0.25) is 5.88 Å².